The van der Waals surface area contributed by atoms with Gasteiger partial charge in [0.15, 0.2) is 0 Å². The molecule has 1 aliphatic heterocycles. The zero-order valence-corrected chi connectivity index (χ0v) is 11.3. The first-order chi connectivity index (χ1) is 9.15. The van der Waals surface area contributed by atoms with Gasteiger partial charge >= 0.3 is 5.97 Å². The molecule has 0 saturated carbocycles. The van der Waals surface area contributed by atoms with Gasteiger partial charge in [-0.05, 0) is 38.3 Å². The summed E-state index contributed by atoms with van der Waals surface area (Å²) in [5.74, 6) is -0.809. The Balaban J connectivity index is 2.06. The third-order valence-electron chi connectivity index (χ3n) is 3.42. The molecule has 1 aromatic carbocycles. The van der Waals surface area contributed by atoms with Crippen LogP contribution in [-0.2, 0) is 9.53 Å². The van der Waals surface area contributed by atoms with Gasteiger partial charge in [-0.3, -0.25) is 4.79 Å². The molecule has 4 nitrogen and oxygen atoms in total. The molecule has 1 heterocycles. The first kappa shape index (κ1) is 13.9. The smallest absolute Gasteiger partial charge is 0.323 e. The van der Waals surface area contributed by atoms with Crippen molar-refractivity contribution in [3.8, 4) is 0 Å². The summed E-state index contributed by atoms with van der Waals surface area (Å²) in [4.78, 5) is 12.9. The number of benzene rings is 1. The topological polar surface area (TPSA) is 49.8 Å². The molecule has 0 aromatic heterocycles. The van der Waals surface area contributed by atoms with Crippen molar-refractivity contribution < 1.29 is 14.6 Å². The zero-order valence-electron chi connectivity index (χ0n) is 11.3. The second-order valence-corrected chi connectivity index (χ2v) is 5.10. The first-order valence-electron chi connectivity index (χ1n) is 6.80. The number of ether oxygens (including phenoxy) is 1. The Morgan fingerprint density at radius 2 is 2.11 bits per heavy atom. The van der Waals surface area contributed by atoms with Crippen LogP contribution in [0.15, 0.2) is 24.3 Å². The summed E-state index contributed by atoms with van der Waals surface area (Å²) in [6.07, 6.45) is 3.44. The van der Waals surface area contributed by atoms with Crippen molar-refractivity contribution in [3.63, 3.8) is 0 Å². The summed E-state index contributed by atoms with van der Waals surface area (Å²) in [6.45, 7) is 3.48. The van der Waals surface area contributed by atoms with Gasteiger partial charge in [0.1, 0.15) is 6.54 Å². The number of aryl methyl sites for hydroxylation is 1. The molecule has 19 heavy (non-hydrogen) atoms. The number of anilines is 1. The largest absolute Gasteiger partial charge is 0.480 e. The van der Waals surface area contributed by atoms with Crippen molar-refractivity contribution in [2.75, 3.05) is 24.6 Å². The van der Waals surface area contributed by atoms with Crippen molar-refractivity contribution in [1.29, 1.82) is 0 Å². The fraction of sp³-hybridized carbons (Fsp3) is 0.533. The highest BCUT2D eigenvalue weighted by atomic mass is 16.5. The van der Waals surface area contributed by atoms with E-state index in [2.05, 4.69) is 0 Å². The molecule has 1 fully saturated rings. The minimum atomic E-state index is -0.809. The molecular formula is C15H21NO3. The molecule has 1 aliphatic rings. The fourth-order valence-electron chi connectivity index (χ4n) is 2.38. The summed E-state index contributed by atoms with van der Waals surface area (Å²) in [7, 11) is 0. The van der Waals surface area contributed by atoms with E-state index in [4.69, 9.17) is 9.84 Å². The van der Waals surface area contributed by atoms with E-state index in [1.807, 2.05) is 36.1 Å². The average Bonchev–Trinajstić information content (AvgIpc) is 2.39. The number of hydrogen-bond acceptors (Lipinski definition) is 3. The van der Waals surface area contributed by atoms with Crippen LogP contribution < -0.4 is 4.90 Å². The SMILES string of the molecule is Cc1ccc(N(CC(=O)O)CC2CCCCO2)cc1. The second-order valence-electron chi connectivity index (χ2n) is 5.10. The van der Waals surface area contributed by atoms with Gasteiger partial charge in [0.25, 0.3) is 0 Å². The summed E-state index contributed by atoms with van der Waals surface area (Å²) in [5, 5.41) is 9.05. The van der Waals surface area contributed by atoms with E-state index in [9.17, 15) is 4.79 Å². The van der Waals surface area contributed by atoms with E-state index >= 15 is 0 Å². The molecule has 1 saturated heterocycles. The van der Waals surface area contributed by atoms with E-state index in [0.717, 1.165) is 25.1 Å². The lowest BCUT2D eigenvalue weighted by Gasteiger charge is -2.30. The lowest BCUT2D eigenvalue weighted by molar-refractivity contribution is -0.135. The highest BCUT2D eigenvalue weighted by Crippen LogP contribution is 2.19. The lowest BCUT2D eigenvalue weighted by Crippen LogP contribution is -2.38. The maximum atomic E-state index is 11.0. The third-order valence-corrected chi connectivity index (χ3v) is 3.42. The van der Waals surface area contributed by atoms with Crippen LogP contribution in [0.4, 0.5) is 5.69 Å². The summed E-state index contributed by atoms with van der Waals surface area (Å²) in [5.41, 5.74) is 2.12. The number of carbonyl (C=O) groups is 1. The molecule has 104 valence electrons. The fourth-order valence-corrected chi connectivity index (χ4v) is 2.38. The monoisotopic (exact) mass is 263 g/mol. The maximum Gasteiger partial charge on any atom is 0.323 e. The molecule has 1 N–H and O–H groups in total. The molecule has 0 bridgehead atoms. The van der Waals surface area contributed by atoms with Crippen LogP contribution in [0, 0.1) is 6.92 Å². The standard InChI is InChI=1S/C15H21NO3/c1-12-5-7-13(8-6-12)16(11-15(17)18)10-14-4-2-3-9-19-14/h5-8,14H,2-4,9-11H2,1H3,(H,17,18). The molecular weight excluding hydrogens is 242 g/mol. The highest BCUT2D eigenvalue weighted by Gasteiger charge is 2.19. The molecule has 0 radical (unpaired) electrons. The van der Waals surface area contributed by atoms with Gasteiger partial charge in [0, 0.05) is 18.8 Å². The molecule has 1 atom stereocenters. The lowest BCUT2D eigenvalue weighted by atomic mass is 10.1. The molecule has 4 heteroatoms. The van der Waals surface area contributed by atoms with Crippen LogP contribution in [0.25, 0.3) is 0 Å². The van der Waals surface area contributed by atoms with Crippen LogP contribution in [-0.4, -0.2) is 36.9 Å². The molecule has 0 aliphatic carbocycles. The molecule has 1 aromatic rings. The Morgan fingerprint density at radius 1 is 1.37 bits per heavy atom. The van der Waals surface area contributed by atoms with Crippen molar-refractivity contribution in [2.24, 2.45) is 0 Å². The van der Waals surface area contributed by atoms with Crippen LogP contribution in [0.5, 0.6) is 0 Å². The Bertz CT molecular complexity index is 410. The first-order valence-corrected chi connectivity index (χ1v) is 6.80. The predicted octanol–water partition coefficient (Wildman–Crippen LogP) is 2.46. The molecule has 0 amide bonds. The Hall–Kier alpha value is -1.55. The Kier molecular flexibility index (Phi) is 4.80. The van der Waals surface area contributed by atoms with E-state index in [0.29, 0.717) is 6.54 Å². The van der Waals surface area contributed by atoms with Gasteiger partial charge < -0.3 is 14.7 Å². The van der Waals surface area contributed by atoms with Gasteiger partial charge in [-0.1, -0.05) is 17.7 Å². The van der Waals surface area contributed by atoms with Gasteiger partial charge in [-0.2, -0.15) is 0 Å². The van der Waals surface area contributed by atoms with E-state index in [1.165, 1.54) is 12.0 Å². The maximum absolute atomic E-state index is 11.0. The molecule has 0 spiro atoms. The minimum Gasteiger partial charge on any atom is -0.480 e. The average molecular weight is 263 g/mol. The van der Waals surface area contributed by atoms with E-state index in [-0.39, 0.29) is 12.6 Å². The van der Waals surface area contributed by atoms with Crippen LogP contribution in [0.1, 0.15) is 24.8 Å². The Morgan fingerprint density at radius 3 is 2.68 bits per heavy atom. The summed E-state index contributed by atoms with van der Waals surface area (Å²) < 4.78 is 5.70. The molecule has 1 unspecified atom stereocenters. The zero-order chi connectivity index (χ0) is 13.7. The van der Waals surface area contributed by atoms with Crippen molar-refractivity contribution in [1.82, 2.24) is 0 Å². The number of hydrogen-bond donors (Lipinski definition) is 1. The Labute approximate surface area is 114 Å². The third kappa shape index (κ3) is 4.24. The summed E-state index contributed by atoms with van der Waals surface area (Å²) >= 11 is 0. The van der Waals surface area contributed by atoms with E-state index in [1.54, 1.807) is 0 Å². The van der Waals surface area contributed by atoms with Crippen LogP contribution in [0.3, 0.4) is 0 Å². The molecule has 2 rings (SSSR count). The van der Waals surface area contributed by atoms with Gasteiger partial charge in [-0.25, -0.2) is 0 Å². The number of carboxylic acids is 1. The van der Waals surface area contributed by atoms with Crippen molar-refractivity contribution in [3.05, 3.63) is 29.8 Å². The minimum absolute atomic E-state index is 0.0168. The van der Waals surface area contributed by atoms with Gasteiger partial charge in [0.2, 0.25) is 0 Å². The number of carboxylic acid groups (broad SMARTS) is 1. The number of nitrogens with zero attached hydrogens (tertiary/aromatic N) is 1. The van der Waals surface area contributed by atoms with Crippen LogP contribution >= 0.6 is 0 Å². The van der Waals surface area contributed by atoms with Crippen LogP contribution in [0.2, 0.25) is 0 Å². The van der Waals surface area contributed by atoms with Gasteiger partial charge in [0.05, 0.1) is 6.10 Å². The van der Waals surface area contributed by atoms with Crippen molar-refractivity contribution >= 4 is 11.7 Å². The predicted molar refractivity (Wildman–Crippen MR) is 74.6 cm³/mol. The van der Waals surface area contributed by atoms with Crippen molar-refractivity contribution in [2.45, 2.75) is 32.3 Å². The number of rotatable bonds is 5. The van der Waals surface area contributed by atoms with E-state index < -0.39 is 5.97 Å². The number of aliphatic carboxylic acids is 1. The highest BCUT2D eigenvalue weighted by molar-refractivity contribution is 5.73. The van der Waals surface area contributed by atoms with Gasteiger partial charge in [-0.15, -0.1) is 0 Å². The quantitative estimate of drug-likeness (QED) is 0.886. The summed E-state index contributed by atoms with van der Waals surface area (Å²) in [6, 6.07) is 7.96. The second kappa shape index (κ2) is 6.57. The normalized spacial score (nSPS) is 19.1.